The first-order valence-corrected chi connectivity index (χ1v) is 16.1. The van der Waals surface area contributed by atoms with E-state index in [-0.39, 0.29) is 0 Å². The van der Waals surface area contributed by atoms with Crippen LogP contribution in [-0.2, 0) is 0 Å². The third-order valence-corrected chi connectivity index (χ3v) is 9.73. The van der Waals surface area contributed by atoms with E-state index in [0.29, 0.717) is 17.4 Å². The highest BCUT2D eigenvalue weighted by atomic mass is 15.2. The summed E-state index contributed by atoms with van der Waals surface area (Å²) in [6.07, 6.45) is 0. The summed E-state index contributed by atoms with van der Waals surface area (Å²) >= 11 is 0. The maximum absolute atomic E-state index is 5.22. The van der Waals surface area contributed by atoms with Crippen molar-refractivity contribution < 1.29 is 0 Å². The van der Waals surface area contributed by atoms with Crippen LogP contribution in [-0.4, -0.2) is 29.1 Å². The molecule has 222 valence electrons. The Kier molecular flexibility index (Phi) is 5.02. The van der Waals surface area contributed by atoms with Crippen molar-refractivity contribution in [3.8, 4) is 45.5 Å². The minimum Gasteiger partial charge on any atom is -0.309 e. The Morgan fingerprint density at radius 3 is 1.38 bits per heavy atom. The molecule has 0 saturated carbocycles. The fraction of sp³-hybridized carbons (Fsp3) is 0. The number of benzene rings is 6. The van der Waals surface area contributed by atoms with Crippen LogP contribution < -0.4 is 0 Å². The summed E-state index contributed by atoms with van der Waals surface area (Å²) in [7, 11) is 0. The summed E-state index contributed by atoms with van der Waals surface area (Å²) in [6.45, 7) is 0. The Bertz CT molecular complexity index is 2840. The standard InChI is InChI=1S/C42H24N6/c1-2-16-32-31(15-1)38-37-39(32)44-42(48-35-19-9-5-13-29(35)30-14-6-10-20-36(30)48)46-41(37)45-40(43-38)25-21-23-26(24-22-25)47-33-17-7-3-11-27(33)28-12-4-8-18-34(28)47/h1-24H. The van der Waals surface area contributed by atoms with E-state index in [4.69, 9.17) is 19.9 Å². The molecule has 1 aliphatic carbocycles. The first kappa shape index (κ1) is 25.5. The molecule has 0 bridgehead atoms. The lowest BCUT2D eigenvalue weighted by Crippen LogP contribution is -2.04. The third-order valence-electron chi connectivity index (χ3n) is 9.73. The summed E-state index contributed by atoms with van der Waals surface area (Å²) in [5.74, 6) is 1.24. The molecule has 0 fully saturated rings. The van der Waals surface area contributed by atoms with Crippen molar-refractivity contribution in [1.82, 2.24) is 29.1 Å². The average molecular weight is 613 g/mol. The van der Waals surface area contributed by atoms with Crippen LogP contribution in [0, 0.1) is 0 Å². The maximum Gasteiger partial charge on any atom is 0.237 e. The van der Waals surface area contributed by atoms with Crippen molar-refractivity contribution in [2.45, 2.75) is 0 Å². The minimum absolute atomic E-state index is 0.601. The molecule has 0 aliphatic heterocycles. The molecule has 0 atom stereocenters. The third kappa shape index (κ3) is 3.40. The molecule has 6 nitrogen and oxygen atoms in total. The lowest BCUT2D eigenvalue weighted by molar-refractivity contribution is 1.00. The number of aromatic nitrogens is 6. The Morgan fingerprint density at radius 2 is 0.833 bits per heavy atom. The Morgan fingerprint density at radius 1 is 0.375 bits per heavy atom. The van der Waals surface area contributed by atoms with Crippen molar-refractivity contribution in [3.63, 3.8) is 0 Å². The fourth-order valence-corrected chi connectivity index (χ4v) is 7.64. The maximum atomic E-state index is 5.22. The molecule has 4 heterocycles. The van der Waals surface area contributed by atoms with Crippen LogP contribution in [0.5, 0.6) is 0 Å². The largest absolute Gasteiger partial charge is 0.309 e. The summed E-state index contributed by atoms with van der Waals surface area (Å²) in [6, 6.07) is 50.9. The van der Waals surface area contributed by atoms with Crippen molar-refractivity contribution >= 4 is 54.6 Å². The average Bonchev–Trinajstić information content (AvgIpc) is 3.78. The van der Waals surface area contributed by atoms with Gasteiger partial charge in [-0.2, -0.15) is 4.98 Å². The second kappa shape index (κ2) is 9.44. The molecular weight excluding hydrogens is 589 g/mol. The highest BCUT2D eigenvalue weighted by Crippen LogP contribution is 2.45. The van der Waals surface area contributed by atoms with Crippen LogP contribution in [0.2, 0.25) is 0 Å². The molecular formula is C42H24N6. The normalized spacial score (nSPS) is 12.2. The van der Waals surface area contributed by atoms with Crippen LogP contribution in [0.15, 0.2) is 146 Å². The SMILES string of the molecule is c1ccc2c(c1)-c1nc(-c3ccc(-n4c5ccccc5c5ccccc54)cc3)nc3nc(-n4c5ccccc5c5ccccc54)nc-2c13. The van der Waals surface area contributed by atoms with E-state index in [9.17, 15) is 0 Å². The molecule has 0 saturated heterocycles. The van der Waals surface area contributed by atoms with E-state index in [1.54, 1.807) is 0 Å². The molecule has 6 aromatic carbocycles. The highest BCUT2D eigenvalue weighted by Gasteiger charge is 2.28. The molecule has 0 spiro atoms. The van der Waals surface area contributed by atoms with E-state index < -0.39 is 0 Å². The van der Waals surface area contributed by atoms with Gasteiger partial charge in [-0.25, -0.2) is 15.0 Å². The predicted molar refractivity (Wildman–Crippen MR) is 194 cm³/mol. The van der Waals surface area contributed by atoms with Gasteiger partial charge >= 0.3 is 0 Å². The van der Waals surface area contributed by atoms with Gasteiger partial charge in [0.05, 0.1) is 38.8 Å². The van der Waals surface area contributed by atoms with Crippen LogP contribution in [0.3, 0.4) is 0 Å². The lowest BCUT2D eigenvalue weighted by atomic mass is 10.1. The Labute approximate surface area is 274 Å². The second-order valence-corrected chi connectivity index (χ2v) is 12.3. The number of rotatable bonds is 3. The van der Waals surface area contributed by atoms with Gasteiger partial charge in [0.2, 0.25) is 5.95 Å². The number of fused-ring (bicyclic) bond motifs is 9. The van der Waals surface area contributed by atoms with Crippen LogP contribution in [0.4, 0.5) is 0 Å². The van der Waals surface area contributed by atoms with Crippen LogP contribution >= 0.6 is 0 Å². The first-order chi connectivity index (χ1) is 23.8. The van der Waals surface area contributed by atoms with E-state index in [1.165, 1.54) is 32.6 Å². The van der Waals surface area contributed by atoms with Gasteiger partial charge in [-0.05, 0) is 48.5 Å². The number of nitrogens with zero attached hydrogens (tertiary/aromatic N) is 6. The van der Waals surface area contributed by atoms with Gasteiger partial charge in [0.25, 0.3) is 0 Å². The van der Waals surface area contributed by atoms with Gasteiger partial charge in [0, 0.05) is 43.9 Å². The second-order valence-electron chi connectivity index (χ2n) is 12.3. The molecule has 11 rings (SSSR count). The lowest BCUT2D eigenvalue weighted by Gasteiger charge is -2.11. The van der Waals surface area contributed by atoms with Crippen molar-refractivity contribution in [1.29, 1.82) is 0 Å². The molecule has 10 aromatic rings. The number of para-hydroxylation sites is 4. The molecule has 0 radical (unpaired) electrons. The number of hydrogen-bond acceptors (Lipinski definition) is 4. The van der Waals surface area contributed by atoms with Crippen LogP contribution in [0.1, 0.15) is 0 Å². The Balaban J connectivity index is 1.13. The smallest absolute Gasteiger partial charge is 0.237 e. The summed E-state index contributed by atoms with van der Waals surface area (Å²) in [5.41, 5.74) is 11.0. The quantitative estimate of drug-likeness (QED) is 0.199. The van der Waals surface area contributed by atoms with Gasteiger partial charge in [0.1, 0.15) is 0 Å². The predicted octanol–water partition coefficient (Wildman–Crippen LogP) is 9.93. The van der Waals surface area contributed by atoms with Crippen molar-refractivity contribution in [2.24, 2.45) is 0 Å². The molecule has 0 unspecified atom stereocenters. The molecule has 6 heteroatoms. The molecule has 0 amide bonds. The Hall–Kier alpha value is -6.66. The monoisotopic (exact) mass is 612 g/mol. The topological polar surface area (TPSA) is 61.4 Å². The van der Waals surface area contributed by atoms with E-state index in [2.05, 4.69) is 155 Å². The number of hydrogen-bond donors (Lipinski definition) is 0. The zero-order chi connectivity index (χ0) is 31.3. The summed E-state index contributed by atoms with van der Waals surface area (Å²) in [5, 5.41) is 5.71. The molecule has 0 N–H and O–H groups in total. The van der Waals surface area contributed by atoms with Gasteiger partial charge in [0.15, 0.2) is 11.5 Å². The molecule has 48 heavy (non-hydrogen) atoms. The van der Waals surface area contributed by atoms with E-state index in [0.717, 1.165) is 50.2 Å². The zero-order valence-electron chi connectivity index (χ0n) is 25.5. The molecule has 4 aromatic heterocycles. The zero-order valence-corrected chi connectivity index (χ0v) is 25.5. The van der Waals surface area contributed by atoms with E-state index >= 15 is 0 Å². The fourth-order valence-electron chi connectivity index (χ4n) is 7.64. The first-order valence-electron chi connectivity index (χ1n) is 16.1. The highest BCUT2D eigenvalue weighted by molar-refractivity contribution is 6.12. The minimum atomic E-state index is 0.601. The summed E-state index contributed by atoms with van der Waals surface area (Å²) < 4.78 is 4.48. The van der Waals surface area contributed by atoms with Crippen LogP contribution in [0.25, 0.3) is 100 Å². The van der Waals surface area contributed by atoms with E-state index in [1.807, 2.05) is 0 Å². The summed E-state index contributed by atoms with van der Waals surface area (Å²) in [4.78, 5) is 20.7. The van der Waals surface area contributed by atoms with Gasteiger partial charge in [-0.1, -0.05) is 97.1 Å². The van der Waals surface area contributed by atoms with Crippen molar-refractivity contribution in [3.05, 3.63) is 146 Å². The van der Waals surface area contributed by atoms with Gasteiger partial charge in [-0.15, -0.1) is 0 Å². The molecule has 1 aliphatic rings. The van der Waals surface area contributed by atoms with Gasteiger partial charge in [-0.3, -0.25) is 4.57 Å². The van der Waals surface area contributed by atoms with Crippen molar-refractivity contribution in [2.75, 3.05) is 0 Å². The van der Waals surface area contributed by atoms with Gasteiger partial charge < -0.3 is 4.57 Å².